The first-order valence-electron chi connectivity index (χ1n) is 23.3. The molecule has 0 aliphatic rings. The minimum atomic E-state index is -0.434. The minimum Gasteiger partial charge on any atom is -0.303 e. The zero-order valence-electron chi connectivity index (χ0n) is 38.7. The Morgan fingerprint density at radius 2 is 0.516 bits per heavy atom. The summed E-state index contributed by atoms with van der Waals surface area (Å²) in [7, 11) is 0. The van der Waals surface area contributed by atoms with Crippen LogP contribution in [0.15, 0.2) is 182 Å². The van der Waals surface area contributed by atoms with Crippen molar-refractivity contribution in [1.29, 1.82) is 0 Å². The van der Waals surface area contributed by atoms with Gasteiger partial charge in [-0.2, -0.15) is 0 Å². The molecule has 0 aliphatic heterocycles. The van der Waals surface area contributed by atoms with Gasteiger partial charge in [-0.25, -0.2) is 0 Å². The van der Waals surface area contributed by atoms with Crippen molar-refractivity contribution in [3.8, 4) is 0 Å². The third-order valence-corrected chi connectivity index (χ3v) is 11.9. The van der Waals surface area contributed by atoms with E-state index < -0.39 is 11.1 Å². The van der Waals surface area contributed by atoms with Gasteiger partial charge >= 0.3 is 0 Å². The molecule has 0 atom stereocenters. The van der Waals surface area contributed by atoms with Crippen molar-refractivity contribution in [1.82, 2.24) is 20.4 Å². The maximum Gasteiger partial charge on any atom is 0.0947 e. The fourth-order valence-corrected chi connectivity index (χ4v) is 9.45. The third-order valence-electron chi connectivity index (χ3n) is 11.9. The second-order valence-corrected chi connectivity index (χ2v) is 19.6. The standard InChI is InChI=1S/C58H74N4/c1-55(2,3)47-61(45-27-41-59-57(49-29-13-7-14-30-49,50-31-15-8-16-32-50)51-33-17-9-18-34-51)43-25-26-44-62(48-56(4,5)6)46-28-42-60-58(52-35-19-10-20-36-52,53-37-21-11-22-38-53)54-39-23-12-24-40-54/h7-24,29-40,59-60H,25-28,41-48H2,1-6H3. The van der Waals surface area contributed by atoms with Crippen molar-refractivity contribution < 1.29 is 0 Å². The van der Waals surface area contributed by atoms with Crippen LogP contribution in [0.25, 0.3) is 0 Å². The molecule has 0 spiro atoms. The van der Waals surface area contributed by atoms with E-state index in [2.05, 4.69) is 244 Å². The molecule has 0 unspecified atom stereocenters. The van der Waals surface area contributed by atoms with Gasteiger partial charge in [-0.15, -0.1) is 0 Å². The molecule has 0 saturated heterocycles. The smallest absolute Gasteiger partial charge is 0.0947 e. The topological polar surface area (TPSA) is 30.5 Å². The summed E-state index contributed by atoms with van der Waals surface area (Å²) in [5, 5.41) is 8.25. The maximum atomic E-state index is 4.13. The molecule has 6 aromatic carbocycles. The van der Waals surface area contributed by atoms with E-state index in [-0.39, 0.29) is 10.8 Å². The first kappa shape index (κ1) is 46.7. The lowest BCUT2D eigenvalue weighted by atomic mass is 9.77. The van der Waals surface area contributed by atoms with E-state index >= 15 is 0 Å². The van der Waals surface area contributed by atoms with E-state index in [9.17, 15) is 0 Å². The average molecular weight is 827 g/mol. The van der Waals surface area contributed by atoms with Gasteiger partial charge in [0.25, 0.3) is 0 Å². The lowest BCUT2D eigenvalue weighted by molar-refractivity contribution is 0.167. The first-order valence-corrected chi connectivity index (χ1v) is 23.3. The Morgan fingerprint density at radius 1 is 0.306 bits per heavy atom. The lowest BCUT2D eigenvalue weighted by Gasteiger charge is -2.38. The van der Waals surface area contributed by atoms with Crippen LogP contribution in [-0.4, -0.2) is 62.2 Å². The Morgan fingerprint density at radius 3 is 0.726 bits per heavy atom. The molecule has 0 aromatic heterocycles. The highest BCUT2D eigenvalue weighted by Gasteiger charge is 2.37. The molecule has 6 rings (SSSR count). The number of hydrogen-bond acceptors (Lipinski definition) is 4. The van der Waals surface area contributed by atoms with Crippen LogP contribution in [0, 0.1) is 10.8 Å². The van der Waals surface area contributed by atoms with Crippen LogP contribution in [0.2, 0.25) is 0 Å². The van der Waals surface area contributed by atoms with Gasteiger partial charge in [0.2, 0.25) is 0 Å². The quantitative estimate of drug-likeness (QED) is 0.0498. The first-order chi connectivity index (χ1) is 30.0. The summed E-state index contributed by atoms with van der Waals surface area (Å²) in [6.07, 6.45) is 4.54. The molecule has 4 heteroatoms. The third kappa shape index (κ3) is 12.9. The van der Waals surface area contributed by atoms with Crippen molar-refractivity contribution in [2.24, 2.45) is 10.8 Å². The van der Waals surface area contributed by atoms with Gasteiger partial charge in [-0.1, -0.05) is 224 Å². The summed E-state index contributed by atoms with van der Waals surface area (Å²) in [5.74, 6) is 0. The highest BCUT2D eigenvalue weighted by atomic mass is 15.1. The van der Waals surface area contributed by atoms with E-state index in [0.717, 1.165) is 65.2 Å². The number of benzene rings is 6. The van der Waals surface area contributed by atoms with Gasteiger partial charge in [-0.3, -0.25) is 10.6 Å². The molecular weight excluding hydrogens is 753 g/mol. The van der Waals surface area contributed by atoms with Crippen LogP contribution in [0.3, 0.4) is 0 Å². The number of nitrogens with one attached hydrogen (secondary N) is 2. The summed E-state index contributed by atoms with van der Waals surface area (Å²) in [5.41, 5.74) is 7.19. The lowest BCUT2D eigenvalue weighted by Crippen LogP contribution is -2.46. The molecule has 326 valence electrons. The average Bonchev–Trinajstić information content (AvgIpc) is 3.28. The van der Waals surface area contributed by atoms with Crippen LogP contribution in [0.5, 0.6) is 0 Å². The van der Waals surface area contributed by atoms with E-state index in [1.807, 2.05) is 0 Å². The summed E-state index contributed by atoms with van der Waals surface area (Å²) >= 11 is 0. The van der Waals surface area contributed by atoms with Crippen LogP contribution in [0.1, 0.15) is 101 Å². The molecular formula is C58H74N4. The summed E-state index contributed by atoms with van der Waals surface area (Å²) in [6, 6.07) is 65.9. The fraction of sp³-hybridized carbons (Fsp3) is 0.379. The monoisotopic (exact) mass is 827 g/mol. The van der Waals surface area contributed by atoms with Crippen molar-refractivity contribution >= 4 is 0 Å². The largest absolute Gasteiger partial charge is 0.303 e. The van der Waals surface area contributed by atoms with Gasteiger partial charge in [0, 0.05) is 13.1 Å². The molecule has 0 bridgehead atoms. The summed E-state index contributed by atoms with van der Waals surface area (Å²) in [6.45, 7) is 22.7. The van der Waals surface area contributed by atoms with Crippen molar-refractivity contribution in [2.45, 2.75) is 78.3 Å². The van der Waals surface area contributed by atoms with E-state index in [4.69, 9.17) is 0 Å². The Bertz CT molecular complexity index is 1760. The van der Waals surface area contributed by atoms with Crippen LogP contribution in [-0.2, 0) is 11.1 Å². The number of hydrogen-bond donors (Lipinski definition) is 2. The van der Waals surface area contributed by atoms with E-state index in [0.29, 0.717) is 0 Å². The molecule has 6 aromatic rings. The summed E-state index contributed by atoms with van der Waals surface area (Å²) in [4.78, 5) is 5.45. The Labute approximate surface area is 375 Å². The van der Waals surface area contributed by atoms with Gasteiger partial charge in [0.1, 0.15) is 0 Å². The zero-order chi connectivity index (χ0) is 43.7. The second-order valence-electron chi connectivity index (χ2n) is 19.6. The van der Waals surface area contributed by atoms with Gasteiger partial charge in [0.15, 0.2) is 0 Å². The maximum absolute atomic E-state index is 4.13. The molecule has 0 heterocycles. The van der Waals surface area contributed by atoms with Crippen LogP contribution in [0.4, 0.5) is 0 Å². The minimum absolute atomic E-state index is 0.231. The van der Waals surface area contributed by atoms with Crippen molar-refractivity contribution in [3.63, 3.8) is 0 Å². The fourth-order valence-electron chi connectivity index (χ4n) is 9.45. The SMILES string of the molecule is CC(C)(C)CN(CCCCN(CCCNC(c1ccccc1)(c1ccccc1)c1ccccc1)CC(C)(C)C)CCCNC(c1ccccc1)(c1ccccc1)c1ccccc1. The molecule has 0 amide bonds. The zero-order valence-corrected chi connectivity index (χ0v) is 38.7. The van der Waals surface area contributed by atoms with Crippen molar-refractivity contribution in [3.05, 3.63) is 215 Å². The van der Waals surface area contributed by atoms with E-state index in [1.54, 1.807) is 0 Å². The molecule has 2 N–H and O–H groups in total. The van der Waals surface area contributed by atoms with E-state index in [1.165, 1.54) is 46.2 Å². The van der Waals surface area contributed by atoms with Gasteiger partial charge < -0.3 is 9.80 Å². The number of unbranched alkanes of at least 4 members (excludes halogenated alkanes) is 1. The van der Waals surface area contributed by atoms with Gasteiger partial charge in [0.05, 0.1) is 11.1 Å². The predicted octanol–water partition coefficient (Wildman–Crippen LogP) is 12.4. The van der Waals surface area contributed by atoms with Crippen LogP contribution >= 0.6 is 0 Å². The number of rotatable bonds is 23. The predicted molar refractivity (Wildman–Crippen MR) is 265 cm³/mol. The Balaban J connectivity index is 1.08. The Kier molecular flexibility index (Phi) is 16.9. The molecule has 0 saturated carbocycles. The van der Waals surface area contributed by atoms with Gasteiger partial charge in [-0.05, 0) is 109 Å². The molecule has 0 radical (unpaired) electrons. The summed E-state index contributed by atoms with van der Waals surface area (Å²) < 4.78 is 0. The normalized spacial score (nSPS) is 12.6. The molecule has 0 fully saturated rings. The van der Waals surface area contributed by atoms with Crippen molar-refractivity contribution in [2.75, 3.05) is 52.4 Å². The molecule has 4 nitrogen and oxygen atoms in total. The second kappa shape index (κ2) is 22.5. The molecule has 0 aliphatic carbocycles. The Hall–Kier alpha value is -4.84. The molecule has 62 heavy (non-hydrogen) atoms. The van der Waals surface area contributed by atoms with Crippen LogP contribution < -0.4 is 10.6 Å². The number of nitrogens with zero attached hydrogens (tertiary/aromatic N) is 2. The highest BCUT2D eigenvalue weighted by molar-refractivity contribution is 5.50. The highest BCUT2D eigenvalue weighted by Crippen LogP contribution is 2.38.